The highest BCUT2D eigenvalue weighted by atomic mass is 16.1. The van der Waals surface area contributed by atoms with E-state index in [1.165, 1.54) is 16.7 Å². The van der Waals surface area contributed by atoms with E-state index in [0.29, 0.717) is 6.42 Å². The van der Waals surface area contributed by atoms with Gasteiger partial charge in [-0.2, -0.15) is 0 Å². The van der Waals surface area contributed by atoms with Crippen molar-refractivity contribution < 1.29 is 4.79 Å². The summed E-state index contributed by atoms with van der Waals surface area (Å²) in [6, 6.07) is 14.1. The van der Waals surface area contributed by atoms with Gasteiger partial charge in [0.2, 0.25) is 5.91 Å². The van der Waals surface area contributed by atoms with Crippen LogP contribution in [0.25, 0.3) is 0 Å². The Morgan fingerprint density at radius 1 is 1.00 bits per heavy atom. The molecule has 0 aromatic heterocycles. The first-order valence-electron chi connectivity index (χ1n) is 7.04. The average molecular weight is 267 g/mol. The van der Waals surface area contributed by atoms with Gasteiger partial charge in [-0.05, 0) is 54.7 Å². The average Bonchev–Trinajstić information content (AvgIpc) is 2.43. The molecule has 0 heterocycles. The van der Waals surface area contributed by atoms with Gasteiger partial charge in [0.05, 0.1) is 6.42 Å². The summed E-state index contributed by atoms with van der Waals surface area (Å²) in [6.07, 6.45) is 1.38. The fraction of sp³-hybridized carbons (Fsp3) is 0.278. The maximum atomic E-state index is 12.1. The van der Waals surface area contributed by atoms with Crippen LogP contribution in [0.3, 0.4) is 0 Å². The van der Waals surface area contributed by atoms with Gasteiger partial charge in [0.15, 0.2) is 0 Å². The van der Waals surface area contributed by atoms with Crippen molar-refractivity contribution in [2.24, 2.45) is 0 Å². The monoisotopic (exact) mass is 267 g/mol. The lowest BCUT2D eigenvalue weighted by molar-refractivity contribution is -0.115. The van der Waals surface area contributed by atoms with Crippen molar-refractivity contribution in [2.45, 2.75) is 33.6 Å². The van der Waals surface area contributed by atoms with Crippen LogP contribution >= 0.6 is 0 Å². The summed E-state index contributed by atoms with van der Waals surface area (Å²) < 4.78 is 0. The van der Waals surface area contributed by atoms with Gasteiger partial charge in [0.25, 0.3) is 0 Å². The lowest BCUT2D eigenvalue weighted by Gasteiger charge is -2.10. The number of carbonyl (C=O) groups is 1. The number of aryl methyl sites for hydroxylation is 3. The van der Waals surface area contributed by atoms with Crippen LogP contribution in [-0.2, 0) is 17.6 Å². The molecule has 0 radical (unpaired) electrons. The van der Waals surface area contributed by atoms with E-state index >= 15 is 0 Å². The van der Waals surface area contributed by atoms with Gasteiger partial charge < -0.3 is 5.32 Å². The molecule has 1 N–H and O–H groups in total. The van der Waals surface area contributed by atoms with Gasteiger partial charge in [-0.1, -0.05) is 37.3 Å². The van der Waals surface area contributed by atoms with Gasteiger partial charge in [-0.3, -0.25) is 4.79 Å². The molecule has 0 unspecified atom stereocenters. The number of anilines is 1. The molecule has 104 valence electrons. The maximum absolute atomic E-state index is 12.1. The number of benzene rings is 2. The fourth-order valence-corrected chi connectivity index (χ4v) is 2.27. The third-order valence-electron chi connectivity index (χ3n) is 3.64. The fourth-order valence-electron chi connectivity index (χ4n) is 2.27. The quantitative estimate of drug-likeness (QED) is 0.889. The lowest BCUT2D eigenvalue weighted by Crippen LogP contribution is -2.15. The first-order chi connectivity index (χ1) is 9.60. The molecular weight excluding hydrogens is 246 g/mol. The van der Waals surface area contributed by atoms with Crippen LogP contribution in [0.2, 0.25) is 0 Å². The van der Waals surface area contributed by atoms with Crippen LogP contribution in [0, 0.1) is 13.8 Å². The van der Waals surface area contributed by atoms with Crippen LogP contribution in [0.5, 0.6) is 0 Å². The largest absolute Gasteiger partial charge is 0.326 e. The summed E-state index contributed by atoms with van der Waals surface area (Å²) in [4.78, 5) is 12.1. The summed E-state index contributed by atoms with van der Waals surface area (Å²) in [5.41, 5.74) is 5.64. The molecule has 0 aliphatic heterocycles. The lowest BCUT2D eigenvalue weighted by atomic mass is 10.0. The summed E-state index contributed by atoms with van der Waals surface area (Å²) in [5.74, 6) is 0.0363. The highest BCUT2D eigenvalue weighted by molar-refractivity contribution is 5.92. The molecule has 2 nitrogen and oxygen atoms in total. The zero-order valence-corrected chi connectivity index (χ0v) is 12.4. The van der Waals surface area contributed by atoms with E-state index < -0.39 is 0 Å². The standard InChI is InChI=1S/C18H21NO/c1-4-15-7-5-6-8-16(15)12-18(20)19-17-10-9-13(2)14(3)11-17/h5-11H,4,12H2,1-3H3,(H,19,20). The summed E-state index contributed by atoms with van der Waals surface area (Å²) in [7, 11) is 0. The summed E-state index contributed by atoms with van der Waals surface area (Å²) in [6.45, 7) is 6.23. The molecule has 2 aromatic carbocycles. The number of amides is 1. The van der Waals surface area contributed by atoms with Crippen molar-refractivity contribution >= 4 is 11.6 Å². The summed E-state index contributed by atoms with van der Waals surface area (Å²) >= 11 is 0. The van der Waals surface area contributed by atoms with E-state index in [2.05, 4.69) is 32.2 Å². The Hall–Kier alpha value is -2.09. The highest BCUT2D eigenvalue weighted by Crippen LogP contribution is 2.15. The van der Waals surface area contributed by atoms with E-state index in [1.54, 1.807) is 0 Å². The molecule has 1 amide bonds. The first-order valence-corrected chi connectivity index (χ1v) is 7.04. The van der Waals surface area contributed by atoms with Crippen molar-refractivity contribution in [2.75, 3.05) is 5.32 Å². The van der Waals surface area contributed by atoms with E-state index in [1.807, 2.05) is 36.4 Å². The van der Waals surface area contributed by atoms with Crippen LogP contribution in [0.4, 0.5) is 5.69 Å². The molecule has 20 heavy (non-hydrogen) atoms. The van der Waals surface area contributed by atoms with Crippen molar-refractivity contribution in [1.82, 2.24) is 0 Å². The van der Waals surface area contributed by atoms with E-state index in [9.17, 15) is 4.79 Å². The Morgan fingerprint density at radius 2 is 1.70 bits per heavy atom. The topological polar surface area (TPSA) is 29.1 Å². The van der Waals surface area contributed by atoms with Gasteiger partial charge in [0, 0.05) is 5.69 Å². The van der Waals surface area contributed by atoms with Crippen LogP contribution in [0.1, 0.15) is 29.2 Å². The Bertz CT molecular complexity index is 617. The number of hydrogen-bond donors (Lipinski definition) is 1. The minimum Gasteiger partial charge on any atom is -0.326 e. The molecule has 0 atom stereocenters. The second kappa shape index (κ2) is 6.38. The van der Waals surface area contributed by atoms with Gasteiger partial charge in [-0.25, -0.2) is 0 Å². The molecule has 0 aliphatic rings. The normalized spacial score (nSPS) is 10.3. The molecule has 0 saturated heterocycles. The SMILES string of the molecule is CCc1ccccc1CC(=O)Nc1ccc(C)c(C)c1. The molecule has 0 spiro atoms. The number of rotatable bonds is 4. The Kier molecular flexibility index (Phi) is 4.57. The Labute approximate surface area is 120 Å². The Morgan fingerprint density at radius 3 is 2.35 bits per heavy atom. The third kappa shape index (κ3) is 3.47. The molecule has 2 aromatic rings. The molecule has 0 bridgehead atoms. The van der Waals surface area contributed by atoms with Gasteiger partial charge >= 0.3 is 0 Å². The molecule has 0 fully saturated rings. The minimum absolute atomic E-state index is 0.0363. The van der Waals surface area contributed by atoms with E-state index in [-0.39, 0.29) is 5.91 Å². The van der Waals surface area contributed by atoms with Crippen molar-refractivity contribution in [1.29, 1.82) is 0 Å². The van der Waals surface area contributed by atoms with Gasteiger partial charge in [0.1, 0.15) is 0 Å². The van der Waals surface area contributed by atoms with Crippen LogP contribution in [-0.4, -0.2) is 5.91 Å². The number of carbonyl (C=O) groups excluding carboxylic acids is 1. The van der Waals surface area contributed by atoms with Crippen molar-refractivity contribution in [3.63, 3.8) is 0 Å². The zero-order valence-electron chi connectivity index (χ0n) is 12.4. The number of hydrogen-bond acceptors (Lipinski definition) is 1. The summed E-state index contributed by atoms with van der Waals surface area (Å²) in [5, 5.41) is 2.97. The molecule has 0 saturated carbocycles. The van der Waals surface area contributed by atoms with Crippen molar-refractivity contribution in [3.05, 3.63) is 64.7 Å². The molecular formula is C18H21NO. The third-order valence-corrected chi connectivity index (χ3v) is 3.64. The highest BCUT2D eigenvalue weighted by Gasteiger charge is 2.07. The molecule has 0 aliphatic carbocycles. The smallest absolute Gasteiger partial charge is 0.228 e. The number of nitrogens with one attached hydrogen (secondary N) is 1. The second-order valence-corrected chi connectivity index (χ2v) is 5.15. The second-order valence-electron chi connectivity index (χ2n) is 5.15. The van der Waals surface area contributed by atoms with E-state index in [4.69, 9.17) is 0 Å². The maximum Gasteiger partial charge on any atom is 0.228 e. The zero-order chi connectivity index (χ0) is 14.5. The van der Waals surface area contributed by atoms with Gasteiger partial charge in [-0.15, -0.1) is 0 Å². The minimum atomic E-state index is 0.0363. The first kappa shape index (κ1) is 14.3. The molecule has 2 rings (SSSR count). The predicted octanol–water partition coefficient (Wildman–Crippen LogP) is 4.05. The Balaban J connectivity index is 2.07. The predicted molar refractivity (Wildman–Crippen MR) is 84.1 cm³/mol. The van der Waals surface area contributed by atoms with E-state index in [0.717, 1.165) is 17.7 Å². The van der Waals surface area contributed by atoms with Crippen LogP contribution in [0.15, 0.2) is 42.5 Å². The van der Waals surface area contributed by atoms with Crippen molar-refractivity contribution in [3.8, 4) is 0 Å². The molecule has 2 heteroatoms. The van der Waals surface area contributed by atoms with Crippen LogP contribution < -0.4 is 5.32 Å².